The highest BCUT2D eigenvalue weighted by atomic mass is 15.3. The third kappa shape index (κ3) is 1.24. The van der Waals surface area contributed by atoms with Crippen LogP contribution in [0.2, 0.25) is 0 Å². The van der Waals surface area contributed by atoms with Crippen molar-refractivity contribution in [2.75, 3.05) is 0 Å². The Morgan fingerprint density at radius 3 is 2.80 bits per heavy atom. The molecule has 15 heavy (non-hydrogen) atoms. The first kappa shape index (κ1) is 8.29. The molecule has 0 saturated heterocycles. The maximum absolute atomic E-state index is 4.18. The number of benzene rings is 1. The molecule has 1 aromatic carbocycles. The molecule has 2 aromatic heterocycles. The summed E-state index contributed by atoms with van der Waals surface area (Å²) in [6.07, 6.45) is 5.94. The Morgan fingerprint density at radius 2 is 2.00 bits per heavy atom. The van der Waals surface area contributed by atoms with Gasteiger partial charge >= 0.3 is 0 Å². The van der Waals surface area contributed by atoms with Crippen molar-refractivity contribution in [2.45, 2.75) is 0 Å². The van der Waals surface area contributed by atoms with Gasteiger partial charge in [0.05, 0.1) is 17.4 Å². The highest BCUT2D eigenvalue weighted by Crippen LogP contribution is 2.19. The summed E-state index contributed by atoms with van der Waals surface area (Å²) in [5, 5.41) is 5.43. The lowest BCUT2D eigenvalue weighted by Gasteiger charge is -2.00. The van der Waals surface area contributed by atoms with Gasteiger partial charge in [0.1, 0.15) is 0 Å². The number of aromatic nitrogens is 3. The Balaban J connectivity index is 2.27. The zero-order valence-electron chi connectivity index (χ0n) is 8.46. The second kappa shape index (κ2) is 2.98. The Bertz CT molecular complexity index is 604. The summed E-state index contributed by atoms with van der Waals surface area (Å²) >= 11 is 0. The largest absolute Gasteiger partial charge is 0.314 e. The van der Waals surface area contributed by atoms with Crippen molar-refractivity contribution in [3.8, 4) is 5.69 Å². The molecule has 2 heterocycles. The van der Waals surface area contributed by atoms with E-state index in [2.05, 4.69) is 46.2 Å². The van der Waals surface area contributed by atoms with Crippen LogP contribution in [0.3, 0.4) is 0 Å². The van der Waals surface area contributed by atoms with Crippen molar-refractivity contribution in [1.82, 2.24) is 14.3 Å². The minimum atomic E-state index is 1.10. The van der Waals surface area contributed by atoms with Crippen molar-refractivity contribution in [1.29, 1.82) is 0 Å². The van der Waals surface area contributed by atoms with Gasteiger partial charge < -0.3 is 4.57 Å². The van der Waals surface area contributed by atoms with Gasteiger partial charge in [-0.2, -0.15) is 5.10 Å². The van der Waals surface area contributed by atoms with Crippen molar-refractivity contribution in [2.24, 2.45) is 7.05 Å². The summed E-state index contributed by atoms with van der Waals surface area (Å²) < 4.78 is 3.95. The second-order valence-electron chi connectivity index (χ2n) is 3.62. The molecule has 3 aromatic rings. The average Bonchev–Trinajstić information content (AvgIpc) is 2.83. The van der Waals surface area contributed by atoms with E-state index in [0.29, 0.717) is 0 Å². The van der Waals surface area contributed by atoms with Crippen molar-refractivity contribution >= 4 is 10.9 Å². The third-order valence-electron chi connectivity index (χ3n) is 2.57. The Morgan fingerprint density at radius 1 is 1.13 bits per heavy atom. The van der Waals surface area contributed by atoms with E-state index in [0.717, 1.165) is 5.69 Å². The smallest absolute Gasteiger partial charge is 0.0838 e. The first-order valence-electron chi connectivity index (χ1n) is 4.90. The van der Waals surface area contributed by atoms with Crippen LogP contribution in [0, 0.1) is 0 Å². The van der Waals surface area contributed by atoms with Gasteiger partial charge in [0.2, 0.25) is 0 Å². The summed E-state index contributed by atoms with van der Waals surface area (Å²) in [5.74, 6) is 0. The molecule has 0 atom stereocenters. The van der Waals surface area contributed by atoms with E-state index >= 15 is 0 Å². The molecule has 0 saturated carbocycles. The summed E-state index contributed by atoms with van der Waals surface area (Å²) in [7, 11) is 1.93. The van der Waals surface area contributed by atoms with Crippen molar-refractivity contribution in [3.05, 3.63) is 48.9 Å². The molecule has 3 nitrogen and oxygen atoms in total. The van der Waals surface area contributed by atoms with Crippen molar-refractivity contribution in [3.63, 3.8) is 0 Å². The molecule has 0 spiro atoms. The minimum absolute atomic E-state index is 1.10. The Kier molecular flexibility index (Phi) is 1.65. The van der Waals surface area contributed by atoms with Gasteiger partial charge in [-0.1, -0.05) is 18.2 Å². The third-order valence-corrected chi connectivity index (χ3v) is 2.57. The fraction of sp³-hybridized carbons (Fsp3) is 0.0833. The molecule has 0 bridgehead atoms. The zero-order valence-corrected chi connectivity index (χ0v) is 8.46. The molecule has 0 amide bonds. The predicted octanol–water partition coefficient (Wildman–Crippen LogP) is 2.36. The van der Waals surface area contributed by atoms with Crippen LogP contribution in [-0.4, -0.2) is 14.3 Å². The van der Waals surface area contributed by atoms with Gasteiger partial charge in [-0.25, -0.2) is 0 Å². The van der Waals surface area contributed by atoms with E-state index in [1.54, 1.807) is 0 Å². The number of rotatable bonds is 1. The van der Waals surface area contributed by atoms with E-state index in [1.165, 1.54) is 10.9 Å². The van der Waals surface area contributed by atoms with Gasteiger partial charge in [0, 0.05) is 19.4 Å². The quantitative estimate of drug-likeness (QED) is 0.587. The number of hydrogen-bond acceptors (Lipinski definition) is 1. The minimum Gasteiger partial charge on any atom is -0.314 e. The highest BCUT2D eigenvalue weighted by Gasteiger charge is 2.03. The number of aryl methyl sites for hydroxylation is 1. The summed E-state index contributed by atoms with van der Waals surface area (Å²) in [5.41, 5.74) is 2.31. The predicted molar refractivity (Wildman–Crippen MR) is 60.0 cm³/mol. The lowest BCUT2D eigenvalue weighted by molar-refractivity contribution is 0.767. The number of fused-ring (bicyclic) bond motifs is 1. The molecule has 0 N–H and O–H groups in total. The van der Waals surface area contributed by atoms with Gasteiger partial charge in [-0.05, 0) is 17.5 Å². The van der Waals surface area contributed by atoms with Gasteiger partial charge in [-0.3, -0.25) is 4.68 Å². The van der Waals surface area contributed by atoms with E-state index in [1.807, 2.05) is 24.1 Å². The van der Waals surface area contributed by atoms with Crippen LogP contribution in [0.1, 0.15) is 0 Å². The van der Waals surface area contributed by atoms with Crippen LogP contribution in [0.15, 0.2) is 48.9 Å². The maximum atomic E-state index is 4.18. The summed E-state index contributed by atoms with van der Waals surface area (Å²) in [6, 6.07) is 10.4. The molecule has 0 aliphatic heterocycles. The number of nitrogens with zero attached hydrogens (tertiary/aromatic N) is 3. The molecule has 0 aliphatic carbocycles. The van der Waals surface area contributed by atoms with Gasteiger partial charge in [-0.15, -0.1) is 0 Å². The zero-order chi connectivity index (χ0) is 10.3. The summed E-state index contributed by atoms with van der Waals surface area (Å²) in [6.45, 7) is 0. The topological polar surface area (TPSA) is 22.8 Å². The lowest BCUT2D eigenvalue weighted by Crippen LogP contribution is -1.89. The highest BCUT2D eigenvalue weighted by molar-refractivity contribution is 5.81. The fourth-order valence-electron chi connectivity index (χ4n) is 1.84. The lowest BCUT2D eigenvalue weighted by atomic mass is 10.2. The van der Waals surface area contributed by atoms with Crippen LogP contribution >= 0.6 is 0 Å². The first-order chi connectivity index (χ1) is 7.34. The van der Waals surface area contributed by atoms with E-state index in [-0.39, 0.29) is 0 Å². The molecular formula is C12H11N3. The molecule has 0 radical (unpaired) electrons. The van der Waals surface area contributed by atoms with E-state index in [9.17, 15) is 0 Å². The molecular weight excluding hydrogens is 186 g/mol. The standard InChI is InChI=1S/C12H11N3/c1-14-9-11(8-13-14)15-7-6-10-4-2-3-5-12(10)15/h2-9H,1H3. The second-order valence-corrected chi connectivity index (χ2v) is 3.62. The Hall–Kier alpha value is -2.03. The Labute approximate surface area is 87.6 Å². The van der Waals surface area contributed by atoms with Crippen LogP contribution < -0.4 is 0 Å². The van der Waals surface area contributed by atoms with Gasteiger partial charge in [0.15, 0.2) is 0 Å². The molecule has 74 valence electrons. The van der Waals surface area contributed by atoms with E-state index in [4.69, 9.17) is 0 Å². The number of hydrogen-bond donors (Lipinski definition) is 0. The molecule has 3 rings (SSSR count). The molecule has 0 unspecified atom stereocenters. The van der Waals surface area contributed by atoms with Crippen LogP contribution in [0.4, 0.5) is 0 Å². The monoisotopic (exact) mass is 197 g/mol. The maximum Gasteiger partial charge on any atom is 0.0838 e. The number of para-hydroxylation sites is 1. The molecule has 0 fully saturated rings. The van der Waals surface area contributed by atoms with Gasteiger partial charge in [0.25, 0.3) is 0 Å². The van der Waals surface area contributed by atoms with Crippen molar-refractivity contribution < 1.29 is 0 Å². The normalized spacial score (nSPS) is 11.0. The summed E-state index contributed by atoms with van der Waals surface area (Å²) in [4.78, 5) is 0. The van der Waals surface area contributed by atoms with Crippen LogP contribution in [0.5, 0.6) is 0 Å². The SMILES string of the molecule is Cn1cc(-n2ccc3ccccc32)cn1. The molecule has 3 heteroatoms. The van der Waals surface area contributed by atoms with E-state index < -0.39 is 0 Å². The first-order valence-corrected chi connectivity index (χ1v) is 4.90. The average molecular weight is 197 g/mol. The van der Waals surface area contributed by atoms with Crippen LogP contribution in [-0.2, 0) is 7.05 Å². The molecule has 0 aliphatic rings. The fourth-order valence-corrected chi connectivity index (χ4v) is 1.84. The van der Waals surface area contributed by atoms with Crippen LogP contribution in [0.25, 0.3) is 16.6 Å².